The molecule has 0 spiro atoms. The van der Waals surface area contributed by atoms with Gasteiger partial charge < -0.3 is 14.2 Å². The van der Waals surface area contributed by atoms with Crippen molar-refractivity contribution >= 4 is 0 Å². The van der Waals surface area contributed by atoms with E-state index in [0.29, 0.717) is 6.10 Å². The summed E-state index contributed by atoms with van der Waals surface area (Å²) in [7, 11) is 1.65. The van der Waals surface area contributed by atoms with Gasteiger partial charge in [-0.1, -0.05) is 6.42 Å². The van der Waals surface area contributed by atoms with Crippen molar-refractivity contribution in [1.82, 2.24) is 0 Å². The third kappa shape index (κ3) is 3.41. The van der Waals surface area contributed by atoms with Gasteiger partial charge in [-0.05, 0) is 45.4 Å². The van der Waals surface area contributed by atoms with Crippen LogP contribution in [0.2, 0.25) is 0 Å². The fourth-order valence-electron chi connectivity index (χ4n) is 1.99. The predicted molar refractivity (Wildman–Crippen MR) is 61.8 cm³/mol. The molecular formula is C13H22O3. The first-order valence-corrected chi connectivity index (χ1v) is 6.37. The van der Waals surface area contributed by atoms with E-state index < -0.39 is 0 Å². The molecule has 0 heterocycles. The maximum absolute atomic E-state index is 5.97. The minimum Gasteiger partial charge on any atom is -0.462 e. The summed E-state index contributed by atoms with van der Waals surface area (Å²) in [5.74, 6) is 0.751. The lowest BCUT2D eigenvalue weighted by Gasteiger charge is -2.25. The average molecular weight is 226 g/mol. The first-order chi connectivity index (χ1) is 7.79. The summed E-state index contributed by atoms with van der Waals surface area (Å²) < 4.78 is 16.7. The molecule has 0 radical (unpaired) electrons. The SMILES string of the molecule is COC(C)OC(OC1CCCCC1)=C1CC1. The van der Waals surface area contributed by atoms with Crippen LogP contribution >= 0.6 is 0 Å². The molecule has 1 unspecified atom stereocenters. The van der Waals surface area contributed by atoms with Gasteiger partial charge in [0.15, 0.2) is 6.29 Å². The highest BCUT2D eigenvalue weighted by Gasteiger charge is 2.25. The van der Waals surface area contributed by atoms with E-state index >= 15 is 0 Å². The quantitative estimate of drug-likeness (QED) is 0.531. The van der Waals surface area contributed by atoms with Gasteiger partial charge in [0.1, 0.15) is 6.10 Å². The molecule has 2 aliphatic carbocycles. The molecule has 0 bridgehead atoms. The number of ether oxygens (including phenoxy) is 3. The third-order valence-corrected chi connectivity index (χ3v) is 3.22. The number of allylic oxidation sites excluding steroid dienone is 1. The van der Waals surface area contributed by atoms with E-state index in [1.165, 1.54) is 37.7 Å². The first kappa shape index (κ1) is 11.8. The number of hydrogen-bond acceptors (Lipinski definition) is 3. The summed E-state index contributed by atoms with van der Waals surface area (Å²) in [4.78, 5) is 0. The van der Waals surface area contributed by atoms with E-state index in [4.69, 9.17) is 14.2 Å². The van der Waals surface area contributed by atoms with E-state index in [2.05, 4.69) is 0 Å². The number of rotatable bonds is 5. The van der Waals surface area contributed by atoms with E-state index in [0.717, 1.165) is 18.8 Å². The molecule has 3 nitrogen and oxygen atoms in total. The van der Waals surface area contributed by atoms with Crippen molar-refractivity contribution in [3.8, 4) is 0 Å². The molecule has 0 aromatic rings. The van der Waals surface area contributed by atoms with E-state index in [1.807, 2.05) is 6.92 Å². The van der Waals surface area contributed by atoms with E-state index in [-0.39, 0.29) is 6.29 Å². The van der Waals surface area contributed by atoms with Crippen molar-refractivity contribution in [3.63, 3.8) is 0 Å². The maximum Gasteiger partial charge on any atom is 0.280 e. The van der Waals surface area contributed by atoms with Crippen LogP contribution in [0.5, 0.6) is 0 Å². The molecule has 0 N–H and O–H groups in total. The molecule has 0 aliphatic heterocycles. The maximum atomic E-state index is 5.97. The monoisotopic (exact) mass is 226 g/mol. The van der Waals surface area contributed by atoms with Gasteiger partial charge in [0.25, 0.3) is 5.95 Å². The fourth-order valence-corrected chi connectivity index (χ4v) is 1.99. The Morgan fingerprint density at radius 1 is 1.19 bits per heavy atom. The first-order valence-electron chi connectivity index (χ1n) is 6.37. The van der Waals surface area contributed by atoms with Gasteiger partial charge in [-0.15, -0.1) is 0 Å². The Labute approximate surface area is 97.8 Å². The van der Waals surface area contributed by atoms with Crippen LogP contribution in [0.4, 0.5) is 0 Å². The van der Waals surface area contributed by atoms with Crippen molar-refractivity contribution in [1.29, 1.82) is 0 Å². The van der Waals surface area contributed by atoms with Crippen molar-refractivity contribution < 1.29 is 14.2 Å². The van der Waals surface area contributed by atoms with Crippen molar-refractivity contribution in [3.05, 3.63) is 11.5 Å². The number of hydrogen-bond donors (Lipinski definition) is 0. The lowest BCUT2D eigenvalue weighted by Crippen LogP contribution is -2.20. The highest BCUT2D eigenvalue weighted by molar-refractivity contribution is 5.18. The van der Waals surface area contributed by atoms with Crippen molar-refractivity contribution in [2.45, 2.75) is 64.3 Å². The highest BCUT2D eigenvalue weighted by Crippen LogP contribution is 2.35. The van der Waals surface area contributed by atoms with Crippen molar-refractivity contribution in [2.75, 3.05) is 7.11 Å². The molecule has 92 valence electrons. The minimum absolute atomic E-state index is 0.216. The average Bonchev–Trinajstić information content (AvgIpc) is 3.13. The van der Waals surface area contributed by atoms with Crippen molar-refractivity contribution in [2.24, 2.45) is 0 Å². The Morgan fingerprint density at radius 3 is 2.44 bits per heavy atom. The van der Waals surface area contributed by atoms with Crippen LogP contribution < -0.4 is 0 Å². The van der Waals surface area contributed by atoms with Gasteiger partial charge in [-0.3, -0.25) is 0 Å². The smallest absolute Gasteiger partial charge is 0.280 e. The normalized spacial score (nSPS) is 22.8. The zero-order chi connectivity index (χ0) is 11.4. The van der Waals surface area contributed by atoms with Crippen LogP contribution in [0.3, 0.4) is 0 Å². The third-order valence-electron chi connectivity index (χ3n) is 3.22. The van der Waals surface area contributed by atoms with Gasteiger partial charge in [0.2, 0.25) is 0 Å². The van der Waals surface area contributed by atoms with Crippen LogP contribution in [-0.4, -0.2) is 19.5 Å². The Morgan fingerprint density at radius 2 is 1.88 bits per heavy atom. The lowest BCUT2D eigenvalue weighted by atomic mass is 9.98. The highest BCUT2D eigenvalue weighted by atomic mass is 16.8. The Bertz CT molecular complexity index is 248. The van der Waals surface area contributed by atoms with Crippen LogP contribution in [-0.2, 0) is 14.2 Å². The predicted octanol–water partition coefficient (Wildman–Crippen LogP) is 3.35. The molecule has 2 rings (SSSR count). The molecule has 0 aromatic heterocycles. The summed E-state index contributed by atoms with van der Waals surface area (Å²) in [5.41, 5.74) is 1.31. The zero-order valence-electron chi connectivity index (χ0n) is 10.3. The lowest BCUT2D eigenvalue weighted by molar-refractivity contribution is -0.137. The largest absolute Gasteiger partial charge is 0.462 e. The van der Waals surface area contributed by atoms with Gasteiger partial charge in [0.05, 0.1) is 0 Å². The molecule has 2 fully saturated rings. The Balaban J connectivity index is 1.86. The second-order valence-corrected chi connectivity index (χ2v) is 4.69. The summed E-state index contributed by atoms with van der Waals surface area (Å²) in [5, 5.41) is 0. The second-order valence-electron chi connectivity index (χ2n) is 4.69. The summed E-state index contributed by atoms with van der Waals surface area (Å²) in [6, 6.07) is 0. The molecule has 2 saturated carbocycles. The molecule has 2 aliphatic rings. The Hall–Kier alpha value is -0.700. The molecule has 0 saturated heterocycles. The molecule has 3 heteroatoms. The summed E-state index contributed by atoms with van der Waals surface area (Å²) in [6.07, 6.45) is 8.65. The fraction of sp³-hybridized carbons (Fsp3) is 0.846. The molecule has 1 atom stereocenters. The van der Waals surface area contributed by atoms with Gasteiger partial charge in [0, 0.05) is 12.7 Å². The topological polar surface area (TPSA) is 27.7 Å². The van der Waals surface area contributed by atoms with E-state index in [1.54, 1.807) is 7.11 Å². The van der Waals surface area contributed by atoms with Gasteiger partial charge in [-0.2, -0.15) is 0 Å². The molecule has 0 aromatic carbocycles. The summed E-state index contributed by atoms with van der Waals surface area (Å²) >= 11 is 0. The molecule has 0 amide bonds. The summed E-state index contributed by atoms with van der Waals surface area (Å²) in [6.45, 7) is 1.90. The minimum atomic E-state index is -0.216. The second kappa shape index (κ2) is 5.58. The van der Waals surface area contributed by atoms with Crippen LogP contribution in [0.1, 0.15) is 51.9 Å². The van der Waals surface area contributed by atoms with Crippen LogP contribution in [0, 0.1) is 0 Å². The Kier molecular flexibility index (Phi) is 4.10. The van der Waals surface area contributed by atoms with Crippen LogP contribution in [0.15, 0.2) is 11.5 Å². The van der Waals surface area contributed by atoms with Crippen LogP contribution in [0.25, 0.3) is 0 Å². The number of methoxy groups -OCH3 is 1. The molecular weight excluding hydrogens is 204 g/mol. The van der Waals surface area contributed by atoms with Gasteiger partial charge in [-0.25, -0.2) is 0 Å². The zero-order valence-corrected chi connectivity index (χ0v) is 10.3. The standard InChI is InChI=1S/C13H22O3/c1-10(14-2)15-13(11-8-9-11)16-12-6-4-3-5-7-12/h10,12H,3-9H2,1-2H3. The van der Waals surface area contributed by atoms with E-state index in [9.17, 15) is 0 Å². The molecule has 16 heavy (non-hydrogen) atoms. The van der Waals surface area contributed by atoms with Gasteiger partial charge >= 0.3 is 0 Å².